The van der Waals surface area contributed by atoms with Crippen LogP contribution in [0.1, 0.15) is 50.9 Å². The molecular formula is C14H18N2. The van der Waals surface area contributed by atoms with E-state index in [9.17, 15) is 0 Å². The maximum Gasteiger partial charge on any atom is 0.159 e. The summed E-state index contributed by atoms with van der Waals surface area (Å²) in [5, 5.41) is 1.12. The molecule has 0 saturated carbocycles. The van der Waals surface area contributed by atoms with E-state index >= 15 is 0 Å². The van der Waals surface area contributed by atoms with Crippen LogP contribution in [0.5, 0.6) is 0 Å². The monoisotopic (exact) mass is 214 g/mol. The van der Waals surface area contributed by atoms with Gasteiger partial charge in [-0.25, -0.2) is 9.97 Å². The van der Waals surface area contributed by atoms with Crippen LogP contribution in [-0.4, -0.2) is 9.97 Å². The lowest BCUT2D eigenvalue weighted by atomic mass is 10.1. The topological polar surface area (TPSA) is 25.8 Å². The third-order valence-corrected chi connectivity index (χ3v) is 2.78. The van der Waals surface area contributed by atoms with Crippen molar-refractivity contribution in [3.05, 3.63) is 35.7 Å². The summed E-state index contributed by atoms with van der Waals surface area (Å²) in [5.41, 5.74) is 3.10. The number of hydrogen-bond acceptors (Lipinski definition) is 2. The van der Waals surface area contributed by atoms with Crippen molar-refractivity contribution in [3.63, 3.8) is 0 Å². The van der Waals surface area contributed by atoms with Gasteiger partial charge in [0.05, 0.1) is 0 Å². The molecule has 0 atom stereocenters. The highest BCUT2D eigenvalue weighted by Crippen LogP contribution is 2.19. The van der Waals surface area contributed by atoms with Crippen LogP contribution in [0.4, 0.5) is 0 Å². The van der Waals surface area contributed by atoms with Gasteiger partial charge in [0.25, 0.3) is 0 Å². The molecule has 0 aliphatic heterocycles. The Labute approximate surface area is 96.7 Å². The van der Waals surface area contributed by atoms with Crippen molar-refractivity contribution >= 4 is 11.0 Å². The van der Waals surface area contributed by atoms with E-state index in [0.29, 0.717) is 11.8 Å². The number of rotatable bonds is 2. The number of nitrogens with zero attached hydrogens (tertiary/aromatic N) is 2. The van der Waals surface area contributed by atoms with E-state index in [-0.39, 0.29) is 0 Å². The number of fused-ring (bicyclic) bond motifs is 1. The van der Waals surface area contributed by atoms with Gasteiger partial charge in [-0.05, 0) is 36.1 Å². The summed E-state index contributed by atoms with van der Waals surface area (Å²) in [7, 11) is 0. The Hall–Kier alpha value is -1.44. The third kappa shape index (κ3) is 2.06. The first-order chi connectivity index (χ1) is 7.58. The Balaban J connectivity index is 2.56. The number of aromatic nitrogens is 2. The summed E-state index contributed by atoms with van der Waals surface area (Å²) in [4.78, 5) is 9.21. The molecule has 0 fully saturated rings. The first-order valence-electron chi connectivity index (χ1n) is 5.85. The van der Waals surface area contributed by atoms with Crippen LogP contribution in [0.2, 0.25) is 0 Å². The second kappa shape index (κ2) is 4.20. The van der Waals surface area contributed by atoms with Gasteiger partial charge in [-0.2, -0.15) is 0 Å². The predicted molar refractivity (Wildman–Crippen MR) is 67.7 cm³/mol. The first kappa shape index (κ1) is 11.1. The summed E-state index contributed by atoms with van der Waals surface area (Å²) in [5.74, 6) is 0.905. The van der Waals surface area contributed by atoms with Crippen LogP contribution in [0, 0.1) is 0 Å². The van der Waals surface area contributed by atoms with E-state index in [1.165, 1.54) is 0 Å². The van der Waals surface area contributed by atoms with Crippen molar-refractivity contribution in [2.45, 2.75) is 39.5 Å². The van der Waals surface area contributed by atoms with Crippen molar-refractivity contribution in [3.8, 4) is 0 Å². The van der Waals surface area contributed by atoms with E-state index in [1.54, 1.807) is 0 Å². The van der Waals surface area contributed by atoms with E-state index in [2.05, 4.69) is 61.9 Å². The number of hydrogen-bond donors (Lipinski definition) is 0. The molecule has 0 amide bonds. The molecule has 2 rings (SSSR count). The largest absolute Gasteiger partial charge is 0.233 e. The highest BCUT2D eigenvalue weighted by Gasteiger charge is 2.06. The molecule has 2 nitrogen and oxygen atoms in total. The molecule has 2 aromatic heterocycles. The van der Waals surface area contributed by atoms with E-state index in [1.807, 2.05) is 0 Å². The molecule has 0 bridgehead atoms. The average molecular weight is 214 g/mol. The number of pyridine rings is 2. The zero-order chi connectivity index (χ0) is 11.7. The Morgan fingerprint density at radius 2 is 1.19 bits per heavy atom. The quantitative estimate of drug-likeness (QED) is 0.758. The molecule has 0 aromatic carbocycles. The molecule has 0 radical (unpaired) electrons. The van der Waals surface area contributed by atoms with E-state index in [4.69, 9.17) is 0 Å². The van der Waals surface area contributed by atoms with Crippen molar-refractivity contribution in [1.82, 2.24) is 9.97 Å². The minimum absolute atomic E-state index is 0.453. The smallest absolute Gasteiger partial charge is 0.159 e. The van der Waals surface area contributed by atoms with Gasteiger partial charge in [-0.15, -0.1) is 0 Å². The summed E-state index contributed by atoms with van der Waals surface area (Å²) in [6.07, 6.45) is 0. The normalized spacial score (nSPS) is 11.6. The van der Waals surface area contributed by atoms with Crippen LogP contribution in [-0.2, 0) is 0 Å². The summed E-state index contributed by atoms with van der Waals surface area (Å²) in [6.45, 7) is 8.61. The molecule has 2 heteroatoms. The van der Waals surface area contributed by atoms with Crippen molar-refractivity contribution < 1.29 is 0 Å². The molecule has 84 valence electrons. The van der Waals surface area contributed by atoms with Gasteiger partial charge in [-0.1, -0.05) is 27.7 Å². The first-order valence-corrected chi connectivity index (χ1v) is 5.85. The van der Waals surface area contributed by atoms with Crippen molar-refractivity contribution in [2.75, 3.05) is 0 Å². The second-order valence-electron chi connectivity index (χ2n) is 4.83. The Morgan fingerprint density at radius 3 is 1.56 bits per heavy atom. The van der Waals surface area contributed by atoms with Gasteiger partial charge in [-0.3, -0.25) is 0 Å². The minimum Gasteiger partial charge on any atom is -0.233 e. The van der Waals surface area contributed by atoms with Crippen LogP contribution in [0.3, 0.4) is 0 Å². The van der Waals surface area contributed by atoms with Gasteiger partial charge >= 0.3 is 0 Å². The molecule has 2 aromatic rings. The zero-order valence-electron chi connectivity index (χ0n) is 10.4. The van der Waals surface area contributed by atoms with Gasteiger partial charge in [0, 0.05) is 16.8 Å². The highest BCUT2D eigenvalue weighted by atomic mass is 14.9. The van der Waals surface area contributed by atoms with Gasteiger partial charge in [0.15, 0.2) is 5.65 Å². The Kier molecular flexibility index (Phi) is 2.90. The van der Waals surface area contributed by atoms with E-state index in [0.717, 1.165) is 22.4 Å². The fourth-order valence-electron chi connectivity index (χ4n) is 1.67. The molecule has 0 N–H and O–H groups in total. The average Bonchev–Trinajstić information content (AvgIpc) is 2.27. The summed E-state index contributed by atoms with van der Waals surface area (Å²) < 4.78 is 0. The molecule has 0 aliphatic carbocycles. The molecule has 16 heavy (non-hydrogen) atoms. The van der Waals surface area contributed by atoms with Crippen LogP contribution < -0.4 is 0 Å². The molecule has 0 spiro atoms. The highest BCUT2D eigenvalue weighted by molar-refractivity contribution is 5.74. The fourth-order valence-corrected chi connectivity index (χ4v) is 1.67. The third-order valence-electron chi connectivity index (χ3n) is 2.78. The Morgan fingerprint density at radius 1 is 0.750 bits per heavy atom. The van der Waals surface area contributed by atoms with Crippen LogP contribution in [0.25, 0.3) is 11.0 Å². The van der Waals surface area contributed by atoms with Crippen molar-refractivity contribution in [2.24, 2.45) is 0 Å². The Bertz CT molecular complexity index is 458. The standard InChI is InChI=1S/C14H18N2/c1-9(2)12-7-5-11-6-8-13(10(3)4)16-14(11)15-12/h5-10H,1-4H3. The lowest BCUT2D eigenvalue weighted by Crippen LogP contribution is -1.97. The van der Waals surface area contributed by atoms with Crippen LogP contribution >= 0.6 is 0 Å². The minimum atomic E-state index is 0.453. The predicted octanol–water partition coefficient (Wildman–Crippen LogP) is 3.88. The van der Waals surface area contributed by atoms with Crippen molar-refractivity contribution in [1.29, 1.82) is 0 Å². The molecule has 0 unspecified atom stereocenters. The second-order valence-corrected chi connectivity index (χ2v) is 4.83. The molecule has 2 heterocycles. The zero-order valence-corrected chi connectivity index (χ0v) is 10.4. The molecular weight excluding hydrogens is 196 g/mol. The SMILES string of the molecule is CC(C)c1ccc2ccc(C(C)C)nc2n1. The maximum atomic E-state index is 4.61. The summed E-state index contributed by atoms with van der Waals surface area (Å²) in [6, 6.07) is 8.39. The maximum absolute atomic E-state index is 4.61. The lowest BCUT2D eigenvalue weighted by molar-refractivity contribution is 0.813. The lowest BCUT2D eigenvalue weighted by Gasteiger charge is -2.08. The molecule has 0 saturated heterocycles. The van der Waals surface area contributed by atoms with E-state index < -0.39 is 0 Å². The van der Waals surface area contributed by atoms with Gasteiger partial charge in [0.2, 0.25) is 0 Å². The fraction of sp³-hybridized carbons (Fsp3) is 0.429. The van der Waals surface area contributed by atoms with Gasteiger partial charge in [0.1, 0.15) is 0 Å². The molecule has 0 aliphatic rings. The summed E-state index contributed by atoms with van der Waals surface area (Å²) >= 11 is 0. The van der Waals surface area contributed by atoms with Gasteiger partial charge < -0.3 is 0 Å². The van der Waals surface area contributed by atoms with Crippen LogP contribution in [0.15, 0.2) is 24.3 Å².